The second-order valence-electron chi connectivity index (χ2n) is 4.36. The van der Waals surface area contributed by atoms with Crippen LogP contribution in [0.1, 0.15) is 66.7 Å². The fourth-order valence-corrected chi connectivity index (χ4v) is 1.42. The van der Waals surface area contributed by atoms with E-state index >= 15 is 0 Å². The highest BCUT2D eigenvalue weighted by molar-refractivity contribution is 5.01. The van der Waals surface area contributed by atoms with Crippen LogP contribution in [-0.4, -0.2) is 12.7 Å². The lowest BCUT2D eigenvalue weighted by molar-refractivity contribution is 0.111. The van der Waals surface area contributed by atoms with Crippen molar-refractivity contribution >= 4 is 0 Å². The van der Waals surface area contributed by atoms with Crippen LogP contribution in [0, 0.1) is 0 Å². The van der Waals surface area contributed by atoms with Gasteiger partial charge in [-0.25, -0.2) is 0 Å². The third kappa shape index (κ3) is 13.4. The smallest absolute Gasteiger partial charge is 0.0679 e. The lowest BCUT2D eigenvalue weighted by atomic mass is 10.1. The summed E-state index contributed by atoms with van der Waals surface area (Å²) in [7, 11) is 0. The summed E-state index contributed by atoms with van der Waals surface area (Å²) in [5, 5.41) is 0. The topological polar surface area (TPSA) is 9.23 Å². The van der Waals surface area contributed by atoms with E-state index in [0.29, 0.717) is 6.10 Å². The maximum atomic E-state index is 5.31. The summed E-state index contributed by atoms with van der Waals surface area (Å²) in [6.45, 7) is 18.8. The minimum atomic E-state index is 0.475. The van der Waals surface area contributed by atoms with E-state index in [9.17, 15) is 0 Å². The van der Waals surface area contributed by atoms with Crippen LogP contribution in [0.25, 0.3) is 0 Å². The monoisotopic (exact) mass is 240 g/mol. The Hall–Kier alpha value is -0.560. The fraction of sp³-hybridized carbons (Fsp3) is 0.750. The van der Waals surface area contributed by atoms with Gasteiger partial charge < -0.3 is 4.74 Å². The van der Waals surface area contributed by atoms with E-state index in [4.69, 9.17) is 4.74 Å². The molecule has 0 bridgehead atoms. The molecule has 1 aliphatic rings. The molecule has 0 N–H and O–H groups in total. The highest BCUT2D eigenvalue weighted by Crippen LogP contribution is 2.18. The average Bonchev–Trinajstić information content (AvgIpc) is 2.76. The van der Waals surface area contributed by atoms with Crippen LogP contribution >= 0.6 is 0 Å². The summed E-state index contributed by atoms with van der Waals surface area (Å²) in [4.78, 5) is 0. The Morgan fingerprint density at radius 1 is 1.35 bits per heavy atom. The van der Waals surface area contributed by atoms with E-state index in [1.807, 2.05) is 13.8 Å². The fourth-order valence-electron chi connectivity index (χ4n) is 1.42. The number of hydrogen-bond donors (Lipinski definition) is 0. The molecule has 17 heavy (non-hydrogen) atoms. The molecular weight excluding hydrogens is 208 g/mol. The SMILES string of the molecule is C=C(C)CCCC.C=C1COC(CC)C1.CC. The molecule has 1 atom stereocenters. The number of hydrogen-bond acceptors (Lipinski definition) is 1. The predicted molar refractivity (Wildman–Crippen MR) is 79.5 cm³/mol. The molecular formula is C16H32O. The van der Waals surface area contributed by atoms with Crippen LogP contribution in [0.4, 0.5) is 0 Å². The molecule has 1 aliphatic heterocycles. The summed E-state index contributed by atoms with van der Waals surface area (Å²) in [5.41, 5.74) is 2.55. The molecule has 1 heterocycles. The maximum Gasteiger partial charge on any atom is 0.0679 e. The minimum absolute atomic E-state index is 0.475. The first-order chi connectivity index (χ1) is 8.10. The largest absolute Gasteiger partial charge is 0.374 e. The van der Waals surface area contributed by atoms with E-state index in [1.165, 1.54) is 30.4 Å². The predicted octanol–water partition coefficient (Wildman–Crippen LogP) is 5.52. The van der Waals surface area contributed by atoms with Crippen molar-refractivity contribution in [1.82, 2.24) is 0 Å². The highest BCUT2D eigenvalue weighted by Gasteiger charge is 2.15. The molecule has 0 aliphatic carbocycles. The average molecular weight is 240 g/mol. The molecule has 1 unspecified atom stereocenters. The van der Waals surface area contributed by atoms with Gasteiger partial charge in [-0.1, -0.05) is 46.3 Å². The van der Waals surface area contributed by atoms with Crippen LogP contribution < -0.4 is 0 Å². The Balaban J connectivity index is 0. The highest BCUT2D eigenvalue weighted by atomic mass is 16.5. The van der Waals surface area contributed by atoms with Gasteiger partial charge in [0.1, 0.15) is 0 Å². The summed E-state index contributed by atoms with van der Waals surface area (Å²) < 4.78 is 5.31. The molecule has 1 heteroatoms. The second-order valence-corrected chi connectivity index (χ2v) is 4.36. The molecule has 0 saturated carbocycles. The Bertz CT molecular complexity index is 194. The first kappa shape index (κ1) is 18.8. The van der Waals surface area contributed by atoms with Crippen LogP contribution in [0.3, 0.4) is 0 Å². The molecule has 1 fully saturated rings. The van der Waals surface area contributed by atoms with E-state index in [0.717, 1.165) is 19.4 Å². The quantitative estimate of drug-likeness (QED) is 0.588. The molecule has 1 rings (SSSR count). The Morgan fingerprint density at radius 3 is 2.12 bits per heavy atom. The molecule has 0 radical (unpaired) electrons. The Kier molecular flexibility index (Phi) is 14.9. The zero-order valence-electron chi connectivity index (χ0n) is 12.6. The van der Waals surface area contributed by atoms with Crippen molar-refractivity contribution in [2.45, 2.75) is 72.8 Å². The molecule has 1 nitrogen and oxygen atoms in total. The van der Waals surface area contributed by atoms with Crippen molar-refractivity contribution < 1.29 is 4.74 Å². The number of allylic oxidation sites excluding steroid dienone is 1. The van der Waals surface area contributed by atoms with E-state index < -0.39 is 0 Å². The van der Waals surface area contributed by atoms with Gasteiger partial charge in [0.2, 0.25) is 0 Å². The lowest BCUT2D eigenvalue weighted by Crippen LogP contribution is -2.00. The zero-order valence-corrected chi connectivity index (χ0v) is 12.6. The van der Waals surface area contributed by atoms with Gasteiger partial charge in [0.25, 0.3) is 0 Å². The first-order valence-corrected chi connectivity index (χ1v) is 7.02. The summed E-state index contributed by atoms with van der Waals surface area (Å²) in [6, 6.07) is 0. The van der Waals surface area contributed by atoms with Gasteiger partial charge >= 0.3 is 0 Å². The van der Waals surface area contributed by atoms with Gasteiger partial charge in [0.15, 0.2) is 0 Å². The van der Waals surface area contributed by atoms with Crippen LogP contribution in [0.15, 0.2) is 24.3 Å². The Labute approximate surface area is 109 Å². The van der Waals surface area contributed by atoms with Gasteiger partial charge in [-0.05, 0) is 38.2 Å². The number of unbranched alkanes of at least 4 members (excludes halogenated alkanes) is 1. The number of rotatable bonds is 4. The zero-order chi connectivity index (χ0) is 13.7. The van der Waals surface area contributed by atoms with Crippen LogP contribution in [0.5, 0.6) is 0 Å². The van der Waals surface area contributed by atoms with Crippen molar-refractivity contribution in [1.29, 1.82) is 0 Å². The molecule has 1 saturated heterocycles. The van der Waals surface area contributed by atoms with Crippen molar-refractivity contribution in [3.8, 4) is 0 Å². The number of ether oxygens (including phenoxy) is 1. The van der Waals surface area contributed by atoms with Crippen molar-refractivity contribution in [2.24, 2.45) is 0 Å². The van der Waals surface area contributed by atoms with Gasteiger partial charge in [-0.3, -0.25) is 0 Å². The minimum Gasteiger partial charge on any atom is -0.374 e. The van der Waals surface area contributed by atoms with Crippen LogP contribution in [0.2, 0.25) is 0 Å². The third-order valence-corrected chi connectivity index (χ3v) is 2.45. The van der Waals surface area contributed by atoms with E-state index in [1.54, 1.807) is 0 Å². The third-order valence-electron chi connectivity index (χ3n) is 2.45. The van der Waals surface area contributed by atoms with Crippen molar-refractivity contribution in [2.75, 3.05) is 6.61 Å². The summed E-state index contributed by atoms with van der Waals surface area (Å²) >= 11 is 0. The molecule has 0 spiro atoms. The van der Waals surface area contributed by atoms with Gasteiger partial charge in [0.05, 0.1) is 12.7 Å². The van der Waals surface area contributed by atoms with Crippen LogP contribution in [-0.2, 0) is 4.74 Å². The molecule has 102 valence electrons. The van der Waals surface area contributed by atoms with E-state index in [-0.39, 0.29) is 0 Å². The second kappa shape index (κ2) is 13.5. The van der Waals surface area contributed by atoms with Crippen molar-refractivity contribution in [3.05, 3.63) is 24.3 Å². The lowest BCUT2D eigenvalue weighted by Gasteiger charge is -2.00. The standard InChI is InChI=1S/C7H12O.C7H14.C2H6/c1-3-7-4-6(2)5-8-7;1-4-5-6-7(2)3;1-2/h7H,2-5H2,1H3;2,4-6H2,1,3H3;1-2H3. The normalized spacial score (nSPS) is 17.7. The van der Waals surface area contributed by atoms with Gasteiger partial charge in [-0.2, -0.15) is 0 Å². The summed E-state index contributed by atoms with van der Waals surface area (Å²) in [5.74, 6) is 0. The van der Waals surface area contributed by atoms with Gasteiger partial charge in [-0.15, -0.1) is 6.58 Å². The van der Waals surface area contributed by atoms with E-state index in [2.05, 4.69) is 33.9 Å². The first-order valence-electron chi connectivity index (χ1n) is 7.02. The molecule has 0 amide bonds. The molecule has 0 aromatic heterocycles. The molecule has 0 aromatic rings. The maximum absolute atomic E-state index is 5.31. The molecule has 0 aromatic carbocycles. The van der Waals surface area contributed by atoms with Gasteiger partial charge in [0, 0.05) is 0 Å². The van der Waals surface area contributed by atoms with Crippen molar-refractivity contribution in [3.63, 3.8) is 0 Å². The Morgan fingerprint density at radius 2 is 1.94 bits per heavy atom. The summed E-state index contributed by atoms with van der Waals surface area (Å²) in [6.07, 6.45) is 6.47.